The fourth-order valence-electron chi connectivity index (χ4n) is 3.80. The van der Waals surface area contributed by atoms with Crippen molar-refractivity contribution < 1.29 is 17.9 Å². The van der Waals surface area contributed by atoms with Gasteiger partial charge in [-0.1, -0.05) is 12.1 Å². The fraction of sp³-hybridized carbons (Fsp3) is 0.350. The number of anilines is 1. The number of nitrogens with two attached hydrogens (primary N) is 1. The molecule has 0 radical (unpaired) electrons. The maximum atomic E-state index is 12.9. The Bertz CT molecular complexity index is 1070. The number of amides is 1. The molecule has 30 heavy (non-hydrogen) atoms. The molecule has 0 unspecified atom stereocenters. The fourth-order valence-corrected chi connectivity index (χ4v) is 4.65. The third kappa shape index (κ3) is 4.38. The van der Waals surface area contributed by atoms with Crippen molar-refractivity contribution in [3.63, 3.8) is 0 Å². The van der Waals surface area contributed by atoms with Crippen LogP contribution in [-0.4, -0.2) is 49.2 Å². The Morgan fingerprint density at radius 3 is 2.93 bits per heavy atom. The highest BCUT2D eigenvalue weighted by molar-refractivity contribution is 7.91. The second-order valence-electron chi connectivity index (χ2n) is 7.32. The quantitative estimate of drug-likeness (QED) is 0.741. The Balaban J connectivity index is 1.48. The first kappa shape index (κ1) is 20.1. The Kier molecular flexibility index (Phi) is 5.58. The SMILES string of the molecule is NC1=NS(=O)(=O)Nc2cccc(OC[C@H]3CCCCN3C(=O)Cc3cccnc3)c21. The minimum atomic E-state index is -3.85. The highest BCUT2D eigenvalue weighted by Gasteiger charge is 2.29. The number of nitrogens with one attached hydrogen (secondary N) is 1. The summed E-state index contributed by atoms with van der Waals surface area (Å²) in [5, 5.41) is 0. The molecule has 1 atom stereocenters. The molecule has 3 heterocycles. The summed E-state index contributed by atoms with van der Waals surface area (Å²) in [7, 11) is -3.85. The topological polar surface area (TPSA) is 127 Å². The summed E-state index contributed by atoms with van der Waals surface area (Å²) in [6.45, 7) is 0.971. The summed E-state index contributed by atoms with van der Waals surface area (Å²) in [5.41, 5.74) is 7.49. The predicted octanol–water partition coefficient (Wildman–Crippen LogP) is 1.46. The van der Waals surface area contributed by atoms with E-state index in [1.807, 2.05) is 17.0 Å². The summed E-state index contributed by atoms with van der Waals surface area (Å²) in [6.07, 6.45) is 6.49. The predicted molar refractivity (Wildman–Crippen MR) is 112 cm³/mol. The maximum absolute atomic E-state index is 12.9. The highest BCUT2D eigenvalue weighted by Crippen LogP contribution is 2.31. The first-order valence-corrected chi connectivity index (χ1v) is 11.2. The number of hydrogen-bond acceptors (Lipinski definition) is 6. The summed E-state index contributed by atoms with van der Waals surface area (Å²) < 4.78 is 35.4. The van der Waals surface area contributed by atoms with E-state index in [4.69, 9.17) is 10.5 Å². The molecule has 1 saturated heterocycles. The lowest BCUT2D eigenvalue weighted by atomic mass is 10.0. The lowest BCUT2D eigenvalue weighted by Crippen LogP contribution is -2.47. The van der Waals surface area contributed by atoms with E-state index in [0.29, 0.717) is 30.0 Å². The van der Waals surface area contributed by atoms with E-state index in [1.165, 1.54) is 0 Å². The summed E-state index contributed by atoms with van der Waals surface area (Å²) in [5.74, 6) is 0.356. The van der Waals surface area contributed by atoms with Crippen LogP contribution in [0.3, 0.4) is 0 Å². The van der Waals surface area contributed by atoms with Gasteiger partial charge in [-0.2, -0.15) is 8.42 Å². The van der Waals surface area contributed by atoms with Crippen LogP contribution in [0.25, 0.3) is 0 Å². The van der Waals surface area contributed by atoms with Crippen molar-refractivity contribution in [1.29, 1.82) is 0 Å². The number of benzene rings is 1. The Hall–Kier alpha value is -3.14. The second kappa shape index (κ2) is 8.31. The number of ether oxygens (including phenoxy) is 1. The normalized spacial score (nSPS) is 19.9. The van der Waals surface area contributed by atoms with Gasteiger partial charge in [0, 0.05) is 18.9 Å². The number of pyridine rings is 1. The molecule has 1 aromatic heterocycles. The minimum Gasteiger partial charge on any atom is -0.491 e. The van der Waals surface area contributed by atoms with Crippen LogP contribution in [0, 0.1) is 0 Å². The molecule has 4 rings (SSSR count). The molecule has 2 aliphatic heterocycles. The number of fused-ring (bicyclic) bond motifs is 1. The smallest absolute Gasteiger partial charge is 0.344 e. The van der Waals surface area contributed by atoms with Crippen LogP contribution in [0.1, 0.15) is 30.4 Å². The number of hydrogen-bond donors (Lipinski definition) is 2. The molecule has 0 saturated carbocycles. The lowest BCUT2D eigenvalue weighted by Gasteiger charge is -2.36. The molecule has 1 aromatic carbocycles. The maximum Gasteiger partial charge on any atom is 0.344 e. The number of carbonyl (C=O) groups excluding carboxylic acids is 1. The molecule has 10 heteroatoms. The molecule has 2 aromatic rings. The molecular formula is C20H23N5O4S. The van der Waals surface area contributed by atoms with Crippen LogP contribution in [0.2, 0.25) is 0 Å². The van der Waals surface area contributed by atoms with Gasteiger partial charge in [0.1, 0.15) is 12.4 Å². The average molecular weight is 430 g/mol. The van der Waals surface area contributed by atoms with Crippen molar-refractivity contribution in [2.45, 2.75) is 31.7 Å². The number of carbonyl (C=O) groups is 1. The Labute approximate surface area is 175 Å². The monoisotopic (exact) mass is 429 g/mol. The summed E-state index contributed by atoms with van der Waals surface area (Å²) >= 11 is 0. The minimum absolute atomic E-state index is 0.0419. The summed E-state index contributed by atoms with van der Waals surface area (Å²) in [4.78, 5) is 18.8. The zero-order valence-electron chi connectivity index (χ0n) is 16.3. The van der Waals surface area contributed by atoms with Crippen LogP contribution in [0.5, 0.6) is 5.75 Å². The van der Waals surface area contributed by atoms with Crippen LogP contribution in [0.15, 0.2) is 47.1 Å². The van der Waals surface area contributed by atoms with E-state index in [-0.39, 0.29) is 24.4 Å². The largest absolute Gasteiger partial charge is 0.491 e. The van der Waals surface area contributed by atoms with Gasteiger partial charge in [0.25, 0.3) is 0 Å². The number of rotatable bonds is 5. The van der Waals surface area contributed by atoms with E-state index in [9.17, 15) is 13.2 Å². The molecule has 3 N–H and O–H groups in total. The van der Waals surface area contributed by atoms with Crippen LogP contribution in [-0.2, 0) is 21.4 Å². The number of nitrogens with zero attached hydrogens (tertiary/aromatic N) is 3. The van der Waals surface area contributed by atoms with E-state index in [1.54, 1.807) is 30.6 Å². The van der Waals surface area contributed by atoms with Gasteiger partial charge in [0.15, 0.2) is 5.84 Å². The van der Waals surface area contributed by atoms with Crippen molar-refractivity contribution in [1.82, 2.24) is 9.88 Å². The van der Waals surface area contributed by atoms with Crippen LogP contribution in [0.4, 0.5) is 5.69 Å². The Morgan fingerprint density at radius 2 is 2.13 bits per heavy atom. The van der Waals surface area contributed by atoms with E-state index in [0.717, 1.165) is 24.8 Å². The van der Waals surface area contributed by atoms with E-state index < -0.39 is 10.2 Å². The van der Waals surface area contributed by atoms with Gasteiger partial charge >= 0.3 is 10.2 Å². The van der Waals surface area contributed by atoms with Gasteiger partial charge in [0.05, 0.1) is 23.7 Å². The molecule has 158 valence electrons. The molecule has 2 aliphatic rings. The van der Waals surface area contributed by atoms with Crippen LogP contribution >= 0.6 is 0 Å². The van der Waals surface area contributed by atoms with Crippen molar-refractivity contribution in [2.75, 3.05) is 17.9 Å². The lowest BCUT2D eigenvalue weighted by molar-refractivity contribution is -0.134. The standard InChI is InChI=1S/C20H23N5O4S/c21-20-19-16(23-30(27,28)24-20)7-3-8-17(19)29-13-15-6-1-2-10-25(15)18(26)11-14-5-4-9-22-12-14/h3-5,7-9,12,15,23H,1-2,6,10-11,13H2,(H2,21,24)/t15-/m1/s1. The molecule has 0 aliphatic carbocycles. The van der Waals surface area contributed by atoms with Gasteiger partial charge in [-0.15, -0.1) is 4.40 Å². The third-order valence-corrected chi connectivity index (χ3v) is 6.11. The molecule has 9 nitrogen and oxygen atoms in total. The molecular weight excluding hydrogens is 406 g/mol. The van der Waals surface area contributed by atoms with E-state index >= 15 is 0 Å². The number of piperidine rings is 1. The Morgan fingerprint density at radius 1 is 1.27 bits per heavy atom. The zero-order chi connectivity index (χ0) is 21.1. The number of likely N-dealkylation sites (tertiary alicyclic amines) is 1. The van der Waals surface area contributed by atoms with Gasteiger partial charge in [-0.05, 0) is 43.0 Å². The van der Waals surface area contributed by atoms with Gasteiger partial charge < -0.3 is 15.4 Å². The summed E-state index contributed by atoms with van der Waals surface area (Å²) in [6, 6.07) is 8.63. The van der Waals surface area contributed by atoms with Crippen molar-refractivity contribution in [3.8, 4) is 5.75 Å². The van der Waals surface area contributed by atoms with Crippen molar-refractivity contribution in [3.05, 3.63) is 53.9 Å². The van der Waals surface area contributed by atoms with E-state index in [2.05, 4.69) is 14.1 Å². The first-order chi connectivity index (χ1) is 14.4. The van der Waals surface area contributed by atoms with Crippen molar-refractivity contribution >= 4 is 27.6 Å². The molecule has 0 bridgehead atoms. The van der Waals surface area contributed by atoms with Gasteiger partial charge in [0.2, 0.25) is 5.91 Å². The van der Waals surface area contributed by atoms with Crippen LogP contribution < -0.4 is 15.2 Å². The molecule has 0 spiro atoms. The van der Waals surface area contributed by atoms with Crippen molar-refractivity contribution in [2.24, 2.45) is 10.1 Å². The second-order valence-corrected chi connectivity index (χ2v) is 8.65. The average Bonchev–Trinajstić information content (AvgIpc) is 2.72. The molecule has 1 amide bonds. The molecule has 1 fully saturated rings. The first-order valence-electron chi connectivity index (χ1n) is 9.76. The highest BCUT2D eigenvalue weighted by atomic mass is 32.2. The number of amidine groups is 1. The number of aromatic nitrogens is 1. The van der Waals surface area contributed by atoms with Gasteiger partial charge in [-0.25, -0.2) is 0 Å². The zero-order valence-corrected chi connectivity index (χ0v) is 17.1. The third-order valence-electron chi connectivity index (χ3n) is 5.20. The van der Waals surface area contributed by atoms with Gasteiger partial charge in [-0.3, -0.25) is 14.5 Å².